The third kappa shape index (κ3) is 3.10. The van der Waals surface area contributed by atoms with E-state index >= 15 is 0 Å². The van der Waals surface area contributed by atoms with E-state index in [9.17, 15) is 18.0 Å². The van der Waals surface area contributed by atoms with E-state index in [1.165, 1.54) is 12.1 Å². The molecule has 0 bridgehead atoms. The van der Waals surface area contributed by atoms with Crippen LogP contribution in [0, 0.1) is 0 Å². The number of nitrogens with zero attached hydrogens (tertiary/aromatic N) is 2. The van der Waals surface area contributed by atoms with Crippen molar-refractivity contribution >= 4 is 17.2 Å². The lowest BCUT2D eigenvalue weighted by Crippen LogP contribution is -2.20. The predicted octanol–water partition coefficient (Wildman–Crippen LogP) is 4.10. The van der Waals surface area contributed by atoms with Gasteiger partial charge in [-0.3, -0.25) is 4.79 Å². The molecule has 0 aliphatic rings. The molecule has 7 heteroatoms. The van der Waals surface area contributed by atoms with E-state index in [1.807, 2.05) is 12.1 Å². The van der Waals surface area contributed by atoms with Gasteiger partial charge in [0, 0.05) is 23.8 Å². The second-order valence-corrected chi connectivity index (χ2v) is 5.39. The Morgan fingerprint density at radius 1 is 1.17 bits per heavy atom. The minimum atomic E-state index is -4.40. The summed E-state index contributed by atoms with van der Waals surface area (Å²) < 4.78 is 39.5. The van der Waals surface area contributed by atoms with Crippen molar-refractivity contribution in [1.82, 2.24) is 9.38 Å². The van der Waals surface area contributed by atoms with Gasteiger partial charge < -0.3 is 9.72 Å². The average Bonchev–Trinajstić information content (AvgIpc) is 3.02. The molecule has 3 aromatic rings. The molecule has 1 amide bonds. The number of imidazole rings is 1. The molecule has 1 N–H and O–H groups in total. The summed E-state index contributed by atoms with van der Waals surface area (Å²) >= 11 is 0. The number of benzene rings is 1. The summed E-state index contributed by atoms with van der Waals surface area (Å²) in [6.07, 6.45) is -1.00. The first kappa shape index (κ1) is 16.0. The number of aromatic nitrogens is 2. The largest absolute Gasteiger partial charge is 0.416 e. The van der Waals surface area contributed by atoms with Gasteiger partial charge >= 0.3 is 6.18 Å². The normalized spacial score (nSPS) is 13.0. The van der Waals surface area contributed by atoms with E-state index in [2.05, 4.69) is 10.3 Å². The fourth-order valence-electron chi connectivity index (χ4n) is 2.45. The Morgan fingerprint density at radius 2 is 1.88 bits per heavy atom. The average molecular weight is 333 g/mol. The molecule has 0 saturated carbocycles. The summed E-state index contributed by atoms with van der Waals surface area (Å²) in [6, 6.07) is 9.81. The molecular formula is C17H14F3N3O. The van der Waals surface area contributed by atoms with Gasteiger partial charge in [0.1, 0.15) is 5.65 Å². The van der Waals surface area contributed by atoms with E-state index in [4.69, 9.17) is 0 Å². The first-order chi connectivity index (χ1) is 11.4. The molecule has 0 radical (unpaired) electrons. The van der Waals surface area contributed by atoms with Gasteiger partial charge in [0.2, 0.25) is 5.91 Å². The van der Waals surface area contributed by atoms with Gasteiger partial charge in [0.05, 0.1) is 11.5 Å². The van der Waals surface area contributed by atoms with Crippen LogP contribution in [0.5, 0.6) is 0 Å². The predicted molar refractivity (Wildman–Crippen MR) is 83.7 cm³/mol. The van der Waals surface area contributed by atoms with Crippen LogP contribution in [0.4, 0.5) is 18.9 Å². The van der Waals surface area contributed by atoms with Crippen molar-refractivity contribution in [3.8, 4) is 0 Å². The molecular weight excluding hydrogens is 319 g/mol. The maximum atomic E-state index is 12.6. The number of hydrogen-bond acceptors (Lipinski definition) is 2. The van der Waals surface area contributed by atoms with Gasteiger partial charge in [-0.1, -0.05) is 6.07 Å². The lowest BCUT2D eigenvalue weighted by molar-refractivity contribution is -0.137. The standard InChI is InChI=1S/C17H14F3N3O/c1-11(14-3-2-4-15-21-9-10-23(14)15)16(24)22-13-7-5-12(6-8-13)17(18,19)20/h2-11H,1H3,(H,22,24)/t11-/m1/s1. The maximum absolute atomic E-state index is 12.6. The molecule has 2 heterocycles. The molecule has 0 saturated heterocycles. The zero-order valence-corrected chi connectivity index (χ0v) is 12.7. The van der Waals surface area contributed by atoms with Crippen LogP contribution in [0.3, 0.4) is 0 Å². The van der Waals surface area contributed by atoms with E-state index < -0.39 is 17.7 Å². The smallest absolute Gasteiger partial charge is 0.326 e. The highest BCUT2D eigenvalue weighted by atomic mass is 19.4. The second-order valence-electron chi connectivity index (χ2n) is 5.39. The van der Waals surface area contributed by atoms with E-state index in [-0.39, 0.29) is 5.91 Å². The van der Waals surface area contributed by atoms with Crippen LogP contribution in [0.2, 0.25) is 0 Å². The van der Waals surface area contributed by atoms with E-state index in [0.29, 0.717) is 5.69 Å². The number of alkyl halides is 3. The number of pyridine rings is 1. The number of nitrogens with one attached hydrogen (secondary N) is 1. The summed E-state index contributed by atoms with van der Waals surface area (Å²) in [5.41, 5.74) is 1.03. The second kappa shape index (κ2) is 5.99. The van der Waals surface area contributed by atoms with Crippen molar-refractivity contribution in [2.45, 2.75) is 19.0 Å². The third-order valence-corrected chi connectivity index (χ3v) is 3.78. The Balaban J connectivity index is 1.78. The van der Waals surface area contributed by atoms with Gasteiger partial charge in [0.25, 0.3) is 0 Å². The molecule has 4 nitrogen and oxygen atoms in total. The lowest BCUT2D eigenvalue weighted by Gasteiger charge is -2.15. The summed E-state index contributed by atoms with van der Waals surface area (Å²) in [6.45, 7) is 1.73. The first-order valence-electron chi connectivity index (χ1n) is 7.26. The number of amides is 1. The lowest BCUT2D eigenvalue weighted by atomic mass is 10.1. The molecule has 124 valence electrons. The number of rotatable bonds is 3. The molecule has 2 aromatic heterocycles. The van der Waals surface area contributed by atoms with Crippen LogP contribution < -0.4 is 5.32 Å². The first-order valence-corrected chi connectivity index (χ1v) is 7.26. The van der Waals surface area contributed by atoms with Crippen LogP contribution in [0.1, 0.15) is 24.1 Å². The summed E-state index contributed by atoms with van der Waals surface area (Å²) in [5, 5.41) is 2.64. The molecule has 0 aliphatic carbocycles. The van der Waals surface area contributed by atoms with E-state index in [0.717, 1.165) is 23.5 Å². The van der Waals surface area contributed by atoms with Crippen LogP contribution in [0.25, 0.3) is 5.65 Å². The molecule has 1 aromatic carbocycles. The van der Waals surface area contributed by atoms with Gasteiger partial charge in [-0.25, -0.2) is 4.98 Å². The minimum Gasteiger partial charge on any atom is -0.326 e. The summed E-state index contributed by atoms with van der Waals surface area (Å²) in [7, 11) is 0. The van der Waals surface area contributed by atoms with Gasteiger partial charge in [-0.15, -0.1) is 0 Å². The molecule has 0 aliphatic heterocycles. The Bertz CT molecular complexity index is 869. The Morgan fingerprint density at radius 3 is 2.54 bits per heavy atom. The van der Waals surface area contributed by atoms with Gasteiger partial charge in [0.15, 0.2) is 0 Å². The number of carbonyl (C=O) groups is 1. The van der Waals surface area contributed by atoms with Crippen LogP contribution in [-0.4, -0.2) is 15.3 Å². The zero-order chi connectivity index (χ0) is 17.3. The monoisotopic (exact) mass is 333 g/mol. The molecule has 0 spiro atoms. The van der Waals surface area contributed by atoms with Crippen molar-refractivity contribution in [3.05, 3.63) is 66.1 Å². The molecule has 3 rings (SSSR count). The molecule has 0 fully saturated rings. The minimum absolute atomic E-state index is 0.309. The Kier molecular flexibility index (Phi) is 4.01. The number of carbonyl (C=O) groups excluding carboxylic acids is 1. The number of hydrogen-bond donors (Lipinski definition) is 1. The van der Waals surface area contributed by atoms with Gasteiger partial charge in [-0.05, 0) is 43.3 Å². The highest BCUT2D eigenvalue weighted by Crippen LogP contribution is 2.30. The SMILES string of the molecule is C[C@@H](C(=O)Nc1ccc(C(F)(F)F)cc1)c1cccc2nccn12. The number of halogens is 3. The van der Waals surface area contributed by atoms with Crippen molar-refractivity contribution < 1.29 is 18.0 Å². The van der Waals surface area contributed by atoms with Crippen molar-refractivity contribution in [2.24, 2.45) is 0 Å². The summed E-state index contributed by atoms with van der Waals surface area (Å²) in [5.74, 6) is -0.804. The van der Waals surface area contributed by atoms with E-state index in [1.54, 1.807) is 29.8 Å². The Hall–Kier alpha value is -2.83. The third-order valence-electron chi connectivity index (χ3n) is 3.78. The molecule has 24 heavy (non-hydrogen) atoms. The Labute approximate surface area is 135 Å². The summed E-state index contributed by atoms with van der Waals surface area (Å²) in [4.78, 5) is 16.6. The fraction of sp³-hybridized carbons (Fsp3) is 0.176. The maximum Gasteiger partial charge on any atom is 0.416 e. The number of fused-ring (bicyclic) bond motifs is 1. The fourth-order valence-corrected chi connectivity index (χ4v) is 2.45. The van der Waals surface area contributed by atoms with Crippen molar-refractivity contribution in [1.29, 1.82) is 0 Å². The quantitative estimate of drug-likeness (QED) is 0.784. The number of anilines is 1. The van der Waals surface area contributed by atoms with Crippen LogP contribution in [0.15, 0.2) is 54.9 Å². The highest BCUT2D eigenvalue weighted by Gasteiger charge is 2.30. The molecule has 0 unspecified atom stereocenters. The highest BCUT2D eigenvalue weighted by molar-refractivity contribution is 5.95. The van der Waals surface area contributed by atoms with Crippen molar-refractivity contribution in [2.75, 3.05) is 5.32 Å². The van der Waals surface area contributed by atoms with Crippen molar-refractivity contribution in [3.63, 3.8) is 0 Å². The molecule has 1 atom stereocenters. The zero-order valence-electron chi connectivity index (χ0n) is 12.7. The topological polar surface area (TPSA) is 46.4 Å². The van der Waals surface area contributed by atoms with Crippen LogP contribution >= 0.6 is 0 Å². The van der Waals surface area contributed by atoms with Crippen LogP contribution in [-0.2, 0) is 11.0 Å². The van der Waals surface area contributed by atoms with Gasteiger partial charge in [-0.2, -0.15) is 13.2 Å².